The van der Waals surface area contributed by atoms with Crippen LogP contribution >= 0.6 is 0 Å². The molecule has 5 rings (SSSR count). The fraction of sp³-hybridized carbons (Fsp3) is 0.222. The van der Waals surface area contributed by atoms with Crippen LogP contribution in [0.4, 0.5) is 0 Å². The molecule has 0 atom stereocenters. The van der Waals surface area contributed by atoms with Gasteiger partial charge in [-0.1, -0.05) is 59.8 Å². The molecule has 1 fully saturated rings. The average Bonchev–Trinajstić information content (AvgIpc) is 3.39. The van der Waals surface area contributed by atoms with Crippen LogP contribution < -0.4 is 4.74 Å². The summed E-state index contributed by atoms with van der Waals surface area (Å²) in [5.74, 6) is 1.66. The lowest BCUT2D eigenvalue weighted by atomic mass is 10.0. The number of amides is 1. The molecule has 0 radical (unpaired) electrons. The van der Waals surface area contributed by atoms with Crippen molar-refractivity contribution in [1.82, 2.24) is 15.0 Å². The molecule has 0 spiro atoms. The summed E-state index contributed by atoms with van der Waals surface area (Å²) in [6, 6.07) is 25.7. The molecular weight excluding hydrogens is 414 g/mol. The molecule has 0 unspecified atom stereocenters. The number of hydrogen-bond acceptors (Lipinski definition) is 5. The highest BCUT2D eigenvalue weighted by molar-refractivity contribution is 5.78. The van der Waals surface area contributed by atoms with E-state index in [4.69, 9.17) is 9.26 Å². The predicted molar refractivity (Wildman–Crippen MR) is 127 cm³/mol. The van der Waals surface area contributed by atoms with E-state index in [1.807, 2.05) is 59.5 Å². The van der Waals surface area contributed by atoms with Crippen LogP contribution in [0.5, 0.6) is 5.75 Å². The Bertz CT molecular complexity index is 1200. The molecule has 0 N–H and O–H groups in total. The van der Waals surface area contributed by atoms with Gasteiger partial charge in [-0.3, -0.25) is 4.79 Å². The van der Waals surface area contributed by atoms with Gasteiger partial charge >= 0.3 is 0 Å². The molecule has 6 nitrogen and oxygen atoms in total. The summed E-state index contributed by atoms with van der Waals surface area (Å²) in [5.41, 5.74) is 3.99. The summed E-state index contributed by atoms with van der Waals surface area (Å²) in [4.78, 5) is 18.7. The van der Waals surface area contributed by atoms with Gasteiger partial charge in [0, 0.05) is 24.2 Å². The van der Waals surface area contributed by atoms with E-state index >= 15 is 0 Å². The Kier molecular flexibility index (Phi) is 6.15. The third-order valence-corrected chi connectivity index (χ3v) is 5.85. The summed E-state index contributed by atoms with van der Waals surface area (Å²) in [5, 5.41) is 4.13. The van der Waals surface area contributed by atoms with E-state index in [1.54, 1.807) is 0 Å². The Morgan fingerprint density at radius 1 is 0.788 bits per heavy atom. The van der Waals surface area contributed by atoms with Crippen molar-refractivity contribution in [2.24, 2.45) is 0 Å². The van der Waals surface area contributed by atoms with Crippen LogP contribution in [-0.2, 0) is 4.79 Å². The van der Waals surface area contributed by atoms with Gasteiger partial charge in [-0.2, -0.15) is 4.98 Å². The molecule has 6 heteroatoms. The summed E-state index contributed by atoms with van der Waals surface area (Å²) in [7, 11) is 0. The largest absolute Gasteiger partial charge is 0.484 e. The third-order valence-electron chi connectivity index (χ3n) is 5.85. The monoisotopic (exact) mass is 439 g/mol. The Balaban J connectivity index is 1.22. The SMILES string of the molecule is O=C(COc1ccc(-c2nc(-c3ccc(-c4ccccc4)cc3)no2)cc1)N1CCCCC1. The van der Waals surface area contributed by atoms with Gasteiger partial charge in [0.2, 0.25) is 5.82 Å². The first-order valence-corrected chi connectivity index (χ1v) is 11.3. The topological polar surface area (TPSA) is 68.5 Å². The molecule has 4 aromatic rings. The summed E-state index contributed by atoms with van der Waals surface area (Å²) < 4.78 is 11.2. The van der Waals surface area contributed by atoms with E-state index < -0.39 is 0 Å². The zero-order valence-electron chi connectivity index (χ0n) is 18.3. The lowest BCUT2D eigenvalue weighted by Gasteiger charge is -2.26. The molecule has 2 heterocycles. The molecule has 1 saturated heterocycles. The van der Waals surface area contributed by atoms with Gasteiger partial charge in [0.25, 0.3) is 11.8 Å². The second kappa shape index (κ2) is 9.69. The normalized spacial score (nSPS) is 13.6. The maximum absolute atomic E-state index is 12.3. The predicted octanol–water partition coefficient (Wildman–Crippen LogP) is 5.46. The first kappa shape index (κ1) is 20.9. The number of carbonyl (C=O) groups is 1. The summed E-state index contributed by atoms with van der Waals surface area (Å²) in [6.07, 6.45) is 3.34. The zero-order valence-corrected chi connectivity index (χ0v) is 18.3. The molecule has 0 saturated carbocycles. The van der Waals surface area contributed by atoms with Crippen LogP contribution in [0.3, 0.4) is 0 Å². The lowest BCUT2D eigenvalue weighted by Crippen LogP contribution is -2.38. The van der Waals surface area contributed by atoms with E-state index in [0.717, 1.165) is 48.2 Å². The Labute approximate surface area is 192 Å². The standard InChI is InChI=1S/C27H25N3O3/c31-25(30-17-5-2-6-18-30)19-32-24-15-13-23(14-16-24)27-28-26(29-33-27)22-11-9-21(10-12-22)20-7-3-1-4-8-20/h1,3-4,7-16H,2,5-6,17-19H2. The van der Waals surface area contributed by atoms with E-state index in [1.165, 1.54) is 6.42 Å². The highest BCUT2D eigenvalue weighted by Crippen LogP contribution is 2.26. The second-order valence-electron chi connectivity index (χ2n) is 8.12. The number of nitrogens with zero attached hydrogens (tertiary/aromatic N) is 3. The molecule has 1 aliphatic rings. The molecule has 1 aromatic heterocycles. The van der Waals surface area contributed by atoms with Crippen LogP contribution in [0.2, 0.25) is 0 Å². The van der Waals surface area contributed by atoms with Crippen molar-refractivity contribution in [1.29, 1.82) is 0 Å². The highest BCUT2D eigenvalue weighted by atomic mass is 16.5. The van der Waals surface area contributed by atoms with E-state index in [9.17, 15) is 4.79 Å². The van der Waals surface area contributed by atoms with Crippen LogP contribution in [0, 0.1) is 0 Å². The maximum atomic E-state index is 12.3. The number of piperidine rings is 1. The van der Waals surface area contributed by atoms with E-state index in [2.05, 4.69) is 34.4 Å². The Hall–Kier alpha value is -3.93. The van der Waals surface area contributed by atoms with Crippen LogP contribution in [0.15, 0.2) is 83.4 Å². The molecular formula is C27H25N3O3. The minimum Gasteiger partial charge on any atom is -0.484 e. The number of rotatable bonds is 6. The van der Waals surface area contributed by atoms with Crippen molar-refractivity contribution in [2.75, 3.05) is 19.7 Å². The zero-order chi connectivity index (χ0) is 22.5. The van der Waals surface area contributed by atoms with Gasteiger partial charge < -0.3 is 14.2 Å². The fourth-order valence-electron chi connectivity index (χ4n) is 3.97. The Morgan fingerprint density at radius 2 is 1.42 bits per heavy atom. The minimum atomic E-state index is 0.0404. The lowest BCUT2D eigenvalue weighted by molar-refractivity contribution is -0.134. The van der Waals surface area contributed by atoms with Gasteiger partial charge in [-0.05, 0) is 54.7 Å². The number of hydrogen-bond donors (Lipinski definition) is 0. The van der Waals surface area contributed by atoms with Gasteiger partial charge in [0.05, 0.1) is 0 Å². The average molecular weight is 440 g/mol. The molecule has 166 valence electrons. The van der Waals surface area contributed by atoms with Gasteiger partial charge in [0.1, 0.15) is 5.75 Å². The van der Waals surface area contributed by atoms with Crippen molar-refractivity contribution >= 4 is 5.91 Å². The van der Waals surface area contributed by atoms with Crippen LogP contribution in [0.25, 0.3) is 34.0 Å². The first-order chi connectivity index (χ1) is 16.3. The minimum absolute atomic E-state index is 0.0404. The first-order valence-electron chi connectivity index (χ1n) is 11.3. The molecule has 3 aromatic carbocycles. The summed E-state index contributed by atoms with van der Waals surface area (Å²) in [6.45, 7) is 1.72. The van der Waals surface area contributed by atoms with Crippen molar-refractivity contribution in [2.45, 2.75) is 19.3 Å². The van der Waals surface area contributed by atoms with E-state index in [0.29, 0.717) is 17.5 Å². The van der Waals surface area contributed by atoms with Crippen molar-refractivity contribution in [3.8, 4) is 39.7 Å². The van der Waals surface area contributed by atoms with Crippen LogP contribution in [-0.4, -0.2) is 40.6 Å². The molecule has 1 amide bonds. The molecule has 33 heavy (non-hydrogen) atoms. The van der Waals surface area contributed by atoms with Gasteiger partial charge in [0.15, 0.2) is 6.61 Å². The van der Waals surface area contributed by atoms with Crippen molar-refractivity contribution in [3.05, 3.63) is 78.9 Å². The maximum Gasteiger partial charge on any atom is 0.260 e. The molecule has 1 aliphatic heterocycles. The van der Waals surface area contributed by atoms with Crippen molar-refractivity contribution < 1.29 is 14.1 Å². The number of likely N-dealkylation sites (tertiary alicyclic amines) is 1. The number of ether oxygens (including phenoxy) is 1. The molecule has 0 bridgehead atoms. The Morgan fingerprint density at radius 3 is 2.15 bits per heavy atom. The molecule has 0 aliphatic carbocycles. The quantitative estimate of drug-likeness (QED) is 0.399. The number of aromatic nitrogens is 2. The van der Waals surface area contributed by atoms with Gasteiger partial charge in [-0.15, -0.1) is 0 Å². The summed E-state index contributed by atoms with van der Waals surface area (Å²) >= 11 is 0. The third kappa shape index (κ3) is 4.95. The van der Waals surface area contributed by atoms with Crippen molar-refractivity contribution in [3.63, 3.8) is 0 Å². The van der Waals surface area contributed by atoms with E-state index in [-0.39, 0.29) is 12.5 Å². The number of benzene rings is 3. The highest BCUT2D eigenvalue weighted by Gasteiger charge is 2.17. The van der Waals surface area contributed by atoms with Gasteiger partial charge in [-0.25, -0.2) is 0 Å². The fourth-order valence-corrected chi connectivity index (χ4v) is 3.97. The van der Waals surface area contributed by atoms with Crippen LogP contribution in [0.1, 0.15) is 19.3 Å². The second-order valence-corrected chi connectivity index (χ2v) is 8.12. The number of carbonyl (C=O) groups excluding carboxylic acids is 1. The smallest absolute Gasteiger partial charge is 0.260 e.